The van der Waals surface area contributed by atoms with E-state index in [-0.39, 0.29) is 12.6 Å². The summed E-state index contributed by atoms with van der Waals surface area (Å²) in [6.07, 6.45) is 1.83. The third-order valence-electron chi connectivity index (χ3n) is 5.70. The molecule has 0 radical (unpaired) electrons. The maximum Gasteiger partial charge on any atom is 0.340 e. The van der Waals surface area contributed by atoms with E-state index < -0.39 is 0 Å². The molecule has 0 aliphatic carbocycles. The number of rotatable bonds is 9. The molecule has 5 aromatic rings. The van der Waals surface area contributed by atoms with Crippen LogP contribution in [0, 0.1) is 0 Å². The number of para-hydroxylation sites is 2. The van der Waals surface area contributed by atoms with E-state index in [0.717, 1.165) is 22.6 Å². The van der Waals surface area contributed by atoms with Gasteiger partial charge in [-0.15, -0.1) is 13.2 Å². The van der Waals surface area contributed by atoms with Crippen molar-refractivity contribution in [3.63, 3.8) is 0 Å². The number of esters is 1. The fourth-order valence-electron chi connectivity index (χ4n) is 3.66. The zero-order valence-corrected chi connectivity index (χ0v) is 24.9. The standard InChI is InChI=1S/C26H22N2O2.C8H8.C2H4O2.C2H4/c29-26(30-19-20-10-4-1-5-11-20)24-18-23(27-21-12-6-2-7-13-21)16-17-25(24)28-22-14-8-3-9-15-22;1-2-8-6-4-3-5-7-8;1-4-2-3;1-2/h1-18,27-28H,19H2;2-7H,1H2;2H,1H3;1-2H2. The van der Waals surface area contributed by atoms with Crippen LogP contribution in [-0.2, 0) is 20.9 Å². The lowest BCUT2D eigenvalue weighted by Gasteiger charge is -2.15. The van der Waals surface area contributed by atoms with E-state index >= 15 is 0 Å². The van der Waals surface area contributed by atoms with Gasteiger partial charge in [0.05, 0.1) is 18.4 Å². The van der Waals surface area contributed by atoms with Gasteiger partial charge in [0.2, 0.25) is 0 Å². The minimum atomic E-state index is -0.381. The zero-order chi connectivity index (χ0) is 31.8. The summed E-state index contributed by atoms with van der Waals surface area (Å²) in [7, 11) is 1.31. The first kappa shape index (κ1) is 34.3. The molecule has 0 aliphatic heterocycles. The monoisotopic (exact) mass is 586 g/mol. The van der Waals surface area contributed by atoms with Crippen molar-refractivity contribution in [3.8, 4) is 0 Å². The number of anilines is 4. The van der Waals surface area contributed by atoms with Gasteiger partial charge >= 0.3 is 5.97 Å². The molecule has 0 bridgehead atoms. The van der Waals surface area contributed by atoms with E-state index in [1.165, 1.54) is 12.7 Å². The van der Waals surface area contributed by atoms with Crippen LogP contribution < -0.4 is 10.6 Å². The van der Waals surface area contributed by atoms with E-state index in [0.29, 0.717) is 17.7 Å². The van der Waals surface area contributed by atoms with Gasteiger partial charge in [0.15, 0.2) is 0 Å². The van der Waals surface area contributed by atoms with Crippen LogP contribution >= 0.6 is 0 Å². The summed E-state index contributed by atoms with van der Waals surface area (Å²) in [5.74, 6) is -0.381. The summed E-state index contributed by atoms with van der Waals surface area (Å²) >= 11 is 0. The van der Waals surface area contributed by atoms with E-state index in [9.17, 15) is 4.79 Å². The van der Waals surface area contributed by atoms with Crippen LogP contribution in [0.2, 0.25) is 0 Å². The molecule has 6 nitrogen and oxygen atoms in total. The van der Waals surface area contributed by atoms with Crippen molar-refractivity contribution >= 4 is 41.3 Å². The van der Waals surface area contributed by atoms with Crippen LogP contribution in [0.25, 0.3) is 6.08 Å². The molecule has 5 rings (SSSR count). The molecule has 0 atom stereocenters. The molecular formula is C38H38N2O4. The van der Waals surface area contributed by atoms with Crippen LogP contribution in [0.5, 0.6) is 0 Å². The molecule has 224 valence electrons. The second-order valence-electron chi connectivity index (χ2n) is 8.75. The molecule has 0 unspecified atom stereocenters. The van der Waals surface area contributed by atoms with Crippen molar-refractivity contribution in [2.24, 2.45) is 0 Å². The highest BCUT2D eigenvalue weighted by Gasteiger charge is 2.15. The fraction of sp³-hybridized carbons (Fsp3) is 0.0526. The molecule has 6 heteroatoms. The van der Waals surface area contributed by atoms with Crippen molar-refractivity contribution in [2.45, 2.75) is 6.61 Å². The first-order valence-corrected chi connectivity index (χ1v) is 13.8. The van der Waals surface area contributed by atoms with E-state index in [2.05, 4.69) is 35.1 Å². The normalized spacial score (nSPS) is 9.11. The van der Waals surface area contributed by atoms with Crippen LogP contribution in [-0.4, -0.2) is 19.6 Å². The smallest absolute Gasteiger partial charge is 0.340 e. The minimum Gasteiger partial charge on any atom is -0.471 e. The van der Waals surface area contributed by atoms with E-state index in [4.69, 9.17) is 9.53 Å². The first-order chi connectivity index (χ1) is 21.6. The molecule has 0 fully saturated rings. The second-order valence-corrected chi connectivity index (χ2v) is 8.75. The quantitative estimate of drug-likeness (QED) is 0.102. The van der Waals surface area contributed by atoms with Gasteiger partial charge in [-0.25, -0.2) is 4.79 Å². The third kappa shape index (κ3) is 12.7. The first-order valence-electron chi connectivity index (χ1n) is 13.8. The fourth-order valence-corrected chi connectivity index (χ4v) is 3.66. The molecule has 0 aliphatic rings. The van der Waals surface area contributed by atoms with E-state index in [1.54, 1.807) is 0 Å². The van der Waals surface area contributed by atoms with Crippen LogP contribution in [0.1, 0.15) is 21.5 Å². The molecule has 0 spiro atoms. The Morgan fingerprint density at radius 2 is 1.16 bits per heavy atom. The van der Waals surface area contributed by atoms with Gasteiger partial charge in [-0.2, -0.15) is 0 Å². The molecule has 0 heterocycles. The highest BCUT2D eigenvalue weighted by Crippen LogP contribution is 2.27. The number of benzene rings is 5. The molecule has 44 heavy (non-hydrogen) atoms. The topological polar surface area (TPSA) is 76.7 Å². The van der Waals surface area contributed by atoms with Crippen molar-refractivity contribution in [1.29, 1.82) is 0 Å². The Bertz CT molecular complexity index is 1510. The maximum atomic E-state index is 12.9. The number of hydrogen-bond donors (Lipinski definition) is 2. The number of hydrogen-bond acceptors (Lipinski definition) is 6. The lowest BCUT2D eigenvalue weighted by Crippen LogP contribution is -2.09. The van der Waals surface area contributed by atoms with Gasteiger partial charge in [0, 0.05) is 17.1 Å². The van der Waals surface area contributed by atoms with Crippen LogP contribution in [0.15, 0.2) is 159 Å². The summed E-state index contributed by atoms with van der Waals surface area (Å²) < 4.78 is 9.45. The average molecular weight is 587 g/mol. The van der Waals surface area contributed by atoms with Gasteiger partial charge in [-0.1, -0.05) is 110 Å². The lowest BCUT2D eigenvalue weighted by molar-refractivity contribution is -0.126. The number of carbonyl (C=O) groups is 2. The van der Waals surface area contributed by atoms with E-state index in [1.807, 2.05) is 146 Å². The Morgan fingerprint density at radius 3 is 1.64 bits per heavy atom. The Morgan fingerprint density at radius 1 is 0.682 bits per heavy atom. The molecule has 0 saturated carbocycles. The van der Waals surface area contributed by atoms with Gasteiger partial charge in [0.25, 0.3) is 6.47 Å². The van der Waals surface area contributed by atoms with Gasteiger partial charge in [0.1, 0.15) is 6.61 Å². The Balaban J connectivity index is 0.000000402. The Labute approximate surface area is 260 Å². The minimum absolute atomic E-state index is 0.223. The van der Waals surface area contributed by atoms with Crippen LogP contribution in [0.3, 0.4) is 0 Å². The van der Waals surface area contributed by atoms with Gasteiger partial charge in [-0.3, -0.25) is 4.79 Å². The highest BCUT2D eigenvalue weighted by atomic mass is 16.5. The van der Waals surface area contributed by atoms with Crippen molar-refractivity contribution in [2.75, 3.05) is 17.7 Å². The summed E-state index contributed by atoms with van der Waals surface area (Å²) in [5, 5.41) is 6.64. The van der Waals surface area contributed by atoms with Crippen molar-refractivity contribution < 1.29 is 19.1 Å². The largest absolute Gasteiger partial charge is 0.471 e. The molecule has 0 saturated heterocycles. The van der Waals surface area contributed by atoms with Gasteiger partial charge < -0.3 is 20.1 Å². The zero-order valence-electron chi connectivity index (χ0n) is 24.9. The predicted molar refractivity (Wildman–Crippen MR) is 182 cm³/mol. The summed E-state index contributed by atoms with van der Waals surface area (Å²) in [6, 6.07) is 44.9. The molecule has 0 aromatic heterocycles. The predicted octanol–water partition coefficient (Wildman–Crippen LogP) is 9.45. The number of methoxy groups -OCH3 is 1. The van der Waals surface area contributed by atoms with Gasteiger partial charge in [-0.05, 0) is 53.6 Å². The summed E-state index contributed by atoms with van der Waals surface area (Å²) in [6.45, 7) is 10.2. The van der Waals surface area contributed by atoms with Crippen LogP contribution in [0.4, 0.5) is 22.7 Å². The molecule has 5 aromatic carbocycles. The highest BCUT2D eigenvalue weighted by molar-refractivity contribution is 5.98. The molecule has 2 N–H and O–H groups in total. The average Bonchev–Trinajstić information content (AvgIpc) is 3.11. The summed E-state index contributed by atoms with van der Waals surface area (Å²) in [5.41, 5.74) is 5.94. The molecule has 0 amide bonds. The maximum absolute atomic E-state index is 12.9. The van der Waals surface area contributed by atoms with Crippen molar-refractivity contribution in [1.82, 2.24) is 0 Å². The number of nitrogens with one attached hydrogen (secondary N) is 2. The molecular weight excluding hydrogens is 548 g/mol. The number of ether oxygens (including phenoxy) is 2. The SMILES string of the molecule is C=C.C=Cc1ccccc1.COC=O.O=C(OCc1ccccc1)c1cc(Nc2ccccc2)ccc1Nc1ccccc1. The summed E-state index contributed by atoms with van der Waals surface area (Å²) in [4.78, 5) is 21.9. The Hall–Kier alpha value is -5.88. The second kappa shape index (κ2) is 20.9. The Kier molecular flexibility index (Phi) is 16.3. The third-order valence-corrected chi connectivity index (χ3v) is 5.70. The number of carbonyl (C=O) groups excluding carboxylic acids is 2. The van der Waals surface area contributed by atoms with Crippen molar-refractivity contribution in [3.05, 3.63) is 176 Å². The lowest BCUT2D eigenvalue weighted by atomic mass is 10.1.